The number of hydrogen-bond donors (Lipinski definition) is 3. The molecule has 188 valence electrons. The number of benzene rings is 3. The smallest absolute Gasteiger partial charge is 0.366 e. The number of aliphatic hydroxyl groups is 2. The number of carbonyl (C=O) groups excluding carboxylic acids is 1. The number of aromatic nitrogens is 1. The number of anilines is 1. The van der Waals surface area contributed by atoms with Crippen LogP contribution in [0.1, 0.15) is 42.7 Å². The van der Waals surface area contributed by atoms with Gasteiger partial charge in [-0.2, -0.15) is 0 Å². The molecule has 1 aromatic heterocycles. The van der Waals surface area contributed by atoms with Crippen LogP contribution in [0.25, 0.3) is 10.8 Å². The van der Waals surface area contributed by atoms with Gasteiger partial charge in [-0.15, -0.1) is 0 Å². The second kappa shape index (κ2) is 10.4. The van der Waals surface area contributed by atoms with Crippen molar-refractivity contribution in [2.45, 2.75) is 44.8 Å². The van der Waals surface area contributed by atoms with Gasteiger partial charge < -0.3 is 20.1 Å². The number of nitrogens with zero attached hydrogens (tertiary/aromatic N) is 1. The van der Waals surface area contributed by atoms with Crippen LogP contribution in [-0.2, 0) is 16.8 Å². The van der Waals surface area contributed by atoms with Gasteiger partial charge in [-0.05, 0) is 53.8 Å². The molecule has 37 heavy (non-hydrogen) atoms. The van der Waals surface area contributed by atoms with Crippen LogP contribution in [0.4, 0.5) is 5.69 Å². The van der Waals surface area contributed by atoms with Gasteiger partial charge >= 0.3 is 5.63 Å². The maximum absolute atomic E-state index is 13.6. The van der Waals surface area contributed by atoms with Crippen molar-refractivity contribution < 1.29 is 19.5 Å². The van der Waals surface area contributed by atoms with Gasteiger partial charge in [-0.25, -0.2) is 4.79 Å². The fourth-order valence-electron chi connectivity index (χ4n) is 4.28. The quantitative estimate of drug-likeness (QED) is 0.347. The van der Waals surface area contributed by atoms with E-state index in [0.717, 1.165) is 5.56 Å². The van der Waals surface area contributed by atoms with Crippen LogP contribution in [0.5, 0.6) is 0 Å². The summed E-state index contributed by atoms with van der Waals surface area (Å²) in [6.07, 6.45) is 0.0142. The summed E-state index contributed by atoms with van der Waals surface area (Å²) in [5.41, 5.74) is -0.170. The van der Waals surface area contributed by atoms with E-state index in [1.165, 1.54) is 0 Å². The molecule has 1 amide bonds. The number of rotatable bonds is 6. The Hall–Kier alpha value is -4.25. The zero-order chi connectivity index (χ0) is 26.6. The number of hydrogen-bond acceptors (Lipinski definition) is 6. The molecule has 4 rings (SSSR count). The van der Waals surface area contributed by atoms with Crippen LogP contribution in [0, 0.1) is 18.8 Å². The summed E-state index contributed by atoms with van der Waals surface area (Å²) in [4.78, 5) is 25.6. The zero-order valence-corrected chi connectivity index (χ0v) is 20.9. The number of carbonyl (C=O) groups is 1. The molecule has 0 aliphatic heterocycles. The van der Waals surface area contributed by atoms with Gasteiger partial charge in [0.15, 0.2) is 0 Å². The Morgan fingerprint density at radius 1 is 1.03 bits per heavy atom. The third-order valence-corrected chi connectivity index (χ3v) is 6.30. The average molecular weight is 497 g/mol. The third-order valence-electron chi connectivity index (χ3n) is 6.30. The molecule has 1 heterocycles. The van der Waals surface area contributed by atoms with Crippen molar-refractivity contribution in [3.8, 4) is 11.8 Å². The summed E-state index contributed by atoms with van der Waals surface area (Å²) < 4.78 is 4.77. The van der Waals surface area contributed by atoms with Gasteiger partial charge in [0, 0.05) is 23.1 Å². The highest BCUT2D eigenvalue weighted by atomic mass is 16.5. The fourth-order valence-corrected chi connectivity index (χ4v) is 4.28. The molecule has 0 radical (unpaired) electrons. The molecule has 4 aromatic rings. The minimum Gasteiger partial charge on any atom is -0.392 e. The van der Waals surface area contributed by atoms with E-state index < -0.39 is 22.5 Å². The van der Waals surface area contributed by atoms with E-state index in [1.54, 1.807) is 49.4 Å². The minimum absolute atomic E-state index is 0.0142. The highest BCUT2D eigenvalue weighted by molar-refractivity contribution is 6.01. The molecule has 0 aliphatic carbocycles. The maximum atomic E-state index is 13.6. The van der Waals surface area contributed by atoms with E-state index in [0.29, 0.717) is 33.3 Å². The standard InChI is InChI=1S/C30H28N2O5/c1-20-26-17-24(12-13-25(26)27(34)37-32-20)31-28(35)30(36,15-14-21-8-7-9-22(16-21)18-33)19-29(2,3)23-10-5-4-6-11-23/h4-13,16-17,33,36H,18-19H2,1-3H3,(H,31,35). The molecule has 3 aromatic carbocycles. The Morgan fingerprint density at radius 3 is 2.51 bits per heavy atom. The molecular formula is C30H28N2O5. The molecule has 0 saturated carbocycles. The first-order valence-corrected chi connectivity index (χ1v) is 11.8. The van der Waals surface area contributed by atoms with Crippen LogP contribution in [0.3, 0.4) is 0 Å². The van der Waals surface area contributed by atoms with E-state index in [2.05, 4.69) is 22.3 Å². The molecule has 1 atom stereocenters. The number of amides is 1. The molecule has 3 N–H and O–H groups in total. The molecule has 1 unspecified atom stereocenters. The Balaban J connectivity index is 1.72. The number of nitrogens with one attached hydrogen (secondary N) is 1. The Bertz CT molecular complexity index is 1560. The van der Waals surface area contributed by atoms with E-state index in [9.17, 15) is 19.8 Å². The maximum Gasteiger partial charge on any atom is 0.366 e. The topological polar surface area (TPSA) is 113 Å². The second-order valence-electron chi connectivity index (χ2n) is 9.67. The van der Waals surface area contributed by atoms with Crippen LogP contribution in [-0.4, -0.2) is 26.9 Å². The van der Waals surface area contributed by atoms with Crippen LogP contribution in [0.15, 0.2) is 82.1 Å². The Morgan fingerprint density at radius 2 is 1.78 bits per heavy atom. The summed E-state index contributed by atoms with van der Waals surface area (Å²) in [5, 5.41) is 28.6. The van der Waals surface area contributed by atoms with E-state index in [4.69, 9.17) is 4.52 Å². The molecule has 0 bridgehead atoms. The van der Waals surface area contributed by atoms with E-state index in [-0.39, 0.29) is 13.0 Å². The fraction of sp³-hybridized carbons (Fsp3) is 0.233. The Labute approximate surface area is 214 Å². The number of aliphatic hydroxyl groups excluding tert-OH is 1. The molecule has 7 heteroatoms. The predicted molar refractivity (Wildman–Crippen MR) is 142 cm³/mol. The van der Waals surface area contributed by atoms with Crippen molar-refractivity contribution in [2.24, 2.45) is 0 Å². The summed E-state index contributed by atoms with van der Waals surface area (Å²) in [6.45, 7) is 5.44. The molecule has 0 fully saturated rings. The molecule has 0 spiro atoms. The van der Waals surface area contributed by atoms with Crippen molar-refractivity contribution in [2.75, 3.05) is 5.32 Å². The van der Waals surface area contributed by atoms with Crippen LogP contribution in [0.2, 0.25) is 0 Å². The van der Waals surface area contributed by atoms with Crippen molar-refractivity contribution in [1.29, 1.82) is 0 Å². The zero-order valence-electron chi connectivity index (χ0n) is 20.9. The summed E-state index contributed by atoms with van der Waals surface area (Å²) >= 11 is 0. The monoisotopic (exact) mass is 496 g/mol. The lowest BCUT2D eigenvalue weighted by Crippen LogP contribution is -2.46. The molecule has 0 aliphatic rings. The summed E-state index contributed by atoms with van der Waals surface area (Å²) in [7, 11) is 0. The first-order valence-electron chi connectivity index (χ1n) is 11.8. The van der Waals surface area contributed by atoms with Crippen molar-refractivity contribution in [3.05, 3.63) is 106 Å². The minimum atomic E-state index is -2.06. The SMILES string of the molecule is Cc1noc(=O)c2ccc(NC(=O)C(O)(C#Cc3cccc(CO)c3)CC(C)(C)c3ccccc3)cc12. The normalized spacial score (nSPS) is 12.9. The van der Waals surface area contributed by atoms with Crippen molar-refractivity contribution >= 4 is 22.4 Å². The third kappa shape index (κ3) is 5.78. The van der Waals surface area contributed by atoms with Gasteiger partial charge in [-0.3, -0.25) is 4.79 Å². The Kier molecular flexibility index (Phi) is 7.25. The lowest BCUT2D eigenvalue weighted by atomic mass is 9.75. The van der Waals surface area contributed by atoms with Crippen molar-refractivity contribution in [1.82, 2.24) is 5.16 Å². The van der Waals surface area contributed by atoms with Gasteiger partial charge in [0.2, 0.25) is 5.60 Å². The average Bonchev–Trinajstić information content (AvgIpc) is 2.90. The van der Waals surface area contributed by atoms with Crippen LogP contribution >= 0.6 is 0 Å². The highest BCUT2D eigenvalue weighted by Gasteiger charge is 2.41. The van der Waals surface area contributed by atoms with E-state index in [1.807, 2.05) is 44.2 Å². The lowest BCUT2D eigenvalue weighted by molar-refractivity contribution is -0.130. The summed E-state index contributed by atoms with van der Waals surface area (Å²) in [6, 6.07) is 21.3. The molecule has 7 nitrogen and oxygen atoms in total. The van der Waals surface area contributed by atoms with Gasteiger partial charge in [0.25, 0.3) is 5.91 Å². The number of fused-ring (bicyclic) bond motifs is 1. The predicted octanol–water partition coefficient (Wildman–Crippen LogP) is 4.08. The lowest BCUT2D eigenvalue weighted by Gasteiger charge is -2.32. The summed E-state index contributed by atoms with van der Waals surface area (Å²) in [5.74, 6) is 5.01. The number of aryl methyl sites for hydroxylation is 1. The van der Waals surface area contributed by atoms with E-state index >= 15 is 0 Å². The molecule has 0 saturated heterocycles. The largest absolute Gasteiger partial charge is 0.392 e. The molecular weight excluding hydrogens is 468 g/mol. The van der Waals surface area contributed by atoms with Crippen molar-refractivity contribution in [3.63, 3.8) is 0 Å². The van der Waals surface area contributed by atoms with Gasteiger partial charge in [0.05, 0.1) is 17.7 Å². The first kappa shape index (κ1) is 25.8. The van der Waals surface area contributed by atoms with Gasteiger partial charge in [0.1, 0.15) is 0 Å². The van der Waals surface area contributed by atoms with Gasteiger partial charge in [-0.1, -0.05) is 73.3 Å². The van der Waals surface area contributed by atoms with Crippen LogP contribution < -0.4 is 10.9 Å². The highest BCUT2D eigenvalue weighted by Crippen LogP contribution is 2.33. The second-order valence-corrected chi connectivity index (χ2v) is 9.67. The first-order chi connectivity index (χ1) is 17.6.